The first-order valence-corrected chi connectivity index (χ1v) is 13.5. The summed E-state index contributed by atoms with van der Waals surface area (Å²) in [5, 5.41) is 28.9. The molecule has 7 rings (SSSR count). The normalized spacial score (nSPS) is 25.8. The van der Waals surface area contributed by atoms with Gasteiger partial charge < -0.3 is 21.5 Å². The van der Waals surface area contributed by atoms with Crippen molar-refractivity contribution in [2.24, 2.45) is 23.5 Å². The lowest BCUT2D eigenvalue weighted by Crippen LogP contribution is -2.37. The summed E-state index contributed by atoms with van der Waals surface area (Å²) in [7, 11) is 0. The predicted molar refractivity (Wildman–Crippen MR) is 142 cm³/mol. The first kappa shape index (κ1) is 24.1. The Kier molecular flexibility index (Phi) is 5.58. The molecule has 2 saturated carbocycles. The molecule has 3 unspecified atom stereocenters. The van der Waals surface area contributed by atoms with Crippen LogP contribution < -0.4 is 16.4 Å². The zero-order chi connectivity index (χ0) is 26.8. The van der Waals surface area contributed by atoms with Crippen molar-refractivity contribution in [3.8, 4) is 0 Å². The highest BCUT2D eigenvalue weighted by Gasteiger charge is 2.54. The third-order valence-corrected chi connectivity index (χ3v) is 9.13. The smallest absolute Gasteiger partial charge is 0.321 e. The number of nitrogens with one attached hydrogen (secondary N) is 3. The molecule has 1 amide bonds. The van der Waals surface area contributed by atoms with Gasteiger partial charge in [-0.25, -0.2) is 4.39 Å². The number of carbonyl (C=O) groups is 2. The number of aromatic amines is 1. The van der Waals surface area contributed by atoms with Gasteiger partial charge in [0.15, 0.2) is 0 Å². The number of aliphatic carboxylic acids is 1. The average molecular weight is 532 g/mol. The number of nitrogens with two attached hydrogens (primary N) is 1. The number of carboxylic acids is 1. The van der Waals surface area contributed by atoms with Crippen LogP contribution in [0.4, 0.5) is 10.1 Å². The topological polar surface area (TPSA) is 151 Å². The van der Waals surface area contributed by atoms with Gasteiger partial charge in [-0.1, -0.05) is 6.07 Å². The minimum Gasteiger partial charge on any atom is -0.480 e. The van der Waals surface area contributed by atoms with Gasteiger partial charge in [0.25, 0.3) is 0 Å². The Morgan fingerprint density at radius 2 is 2.08 bits per heavy atom. The number of anilines is 1. The largest absolute Gasteiger partial charge is 0.480 e. The van der Waals surface area contributed by atoms with Crippen LogP contribution in [0.15, 0.2) is 36.7 Å². The summed E-state index contributed by atoms with van der Waals surface area (Å²) in [4.78, 5) is 22.8. The summed E-state index contributed by atoms with van der Waals surface area (Å²) in [6.07, 6.45) is 6.97. The maximum Gasteiger partial charge on any atom is 0.321 e. The van der Waals surface area contributed by atoms with E-state index in [4.69, 9.17) is 10.8 Å². The van der Waals surface area contributed by atoms with E-state index < -0.39 is 17.9 Å². The number of halogens is 1. The molecule has 2 fully saturated rings. The third-order valence-electron chi connectivity index (χ3n) is 9.13. The van der Waals surface area contributed by atoms with E-state index in [1.807, 2.05) is 23.1 Å². The molecule has 11 heteroatoms. The third kappa shape index (κ3) is 3.86. The van der Waals surface area contributed by atoms with E-state index in [0.717, 1.165) is 32.9 Å². The van der Waals surface area contributed by atoms with Crippen LogP contribution in [-0.4, -0.2) is 49.5 Å². The number of nitrogens with zero attached hydrogens (tertiary/aromatic N) is 3. The molecule has 0 spiro atoms. The van der Waals surface area contributed by atoms with Crippen LogP contribution in [0.1, 0.15) is 48.8 Å². The van der Waals surface area contributed by atoms with Gasteiger partial charge in [-0.05, 0) is 66.2 Å². The number of hydrogen-bond donors (Lipinski definition) is 5. The van der Waals surface area contributed by atoms with Gasteiger partial charge in [-0.15, -0.1) is 0 Å². The van der Waals surface area contributed by atoms with E-state index >= 15 is 4.39 Å². The first-order chi connectivity index (χ1) is 18.9. The van der Waals surface area contributed by atoms with Crippen molar-refractivity contribution in [3.63, 3.8) is 0 Å². The molecule has 2 aliphatic carbocycles. The number of rotatable bonds is 7. The van der Waals surface area contributed by atoms with Crippen LogP contribution in [0.2, 0.25) is 0 Å². The number of carbonyl (C=O) groups excluding carboxylic acids is 1. The number of hydrogen-bond acceptors (Lipinski definition) is 6. The molecule has 2 bridgehead atoms. The van der Waals surface area contributed by atoms with Crippen LogP contribution >= 0.6 is 0 Å². The summed E-state index contributed by atoms with van der Waals surface area (Å²) in [5.41, 5.74) is 9.94. The van der Waals surface area contributed by atoms with E-state index in [-0.39, 0.29) is 18.3 Å². The van der Waals surface area contributed by atoms with Gasteiger partial charge in [0.05, 0.1) is 48.1 Å². The highest BCUT2D eigenvalue weighted by molar-refractivity contribution is 5.89. The molecule has 0 radical (unpaired) electrons. The molecule has 202 valence electrons. The Morgan fingerprint density at radius 1 is 1.23 bits per heavy atom. The summed E-state index contributed by atoms with van der Waals surface area (Å²) in [6, 6.07) is 6.61. The van der Waals surface area contributed by atoms with Crippen molar-refractivity contribution in [1.29, 1.82) is 0 Å². The maximum absolute atomic E-state index is 15.4. The fourth-order valence-electron chi connectivity index (χ4n) is 7.51. The molecule has 2 aromatic carbocycles. The Balaban J connectivity index is 1.15. The molecular weight excluding hydrogens is 501 g/mol. The first-order valence-electron chi connectivity index (χ1n) is 13.5. The van der Waals surface area contributed by atoms with Crippen molar-refractivity contribution in [3.05, 3.63) is 53.6 Å². The molecule has 3 heterocycles. The summed E-state index contributed by atoms with van der Waals surface area (Å²) in [6.45, 7) is 0.742. The van der Waals surface area contributed by atoms with Crippen LogP contribution in [-0.2, 0) is 16.1 Å². The van der Waals surface area contributed by atoms with Crippen molar-refractivity contribution >= 4 is 39.4 Å². The maximum atomic E-state index is 15.4. The second-order valence-corrected chi connectivity index (χ2v) is 11.2. The number of carboxylic acid groups (broad SMARTS) is 1. The van der Waals surface area contributed by atoms with Gasteiger partial charge in [0.2, 0.25) is 5.91 Å². The molecule has 2 aromatic heterocycles. The quantitative estimate of drug-likeness (QED) is 0.246. The predicted octanol–water partition coefficient (Wildman–Crippen LogP) is 3.27. The van der Waals surface area contributed by atoms with E-state index in [2.05, 4.69) is 38.1 Å². The number of aromatic nitrogens is 4. The van der Waals surface area contributed by atoms with E-state index in [1.165, 1.54) is 19.3 Å². The Bertz CT molecular complexity index is 1610. The van der Waals surface area contributed by atoms with Gasteiger partial charge in [0.1, 0.15) is 11.9 Å². The second kappa shape index (κ2) is 9.04. The van der Waals surface area contributed by atoms with E-state index in [1.54, 1.807) is 6.07 Å². The monoisotopic (exact) mass is 531 g/mol. The fourth-order valence-corrected chi connectivity index (χ4v) is 7.51. The molecule has 39 heavy (non-hydrogen) atoms. The summed E-state index contributed by atoms with van der Waals surface area (Å²) >= 11 is 0. The van der Waals surface area contributed by atoms with Crippen molar-refractivity contribution in [1.82, 2.24) is 25.3 Å². The number of benzene rings is 2. The number of fused-ring (bicyclic) bond motifs is 10. The minimum absolute atomic E-state index is 0.00198. The van der Waals surface area contributed by atoms with E-state index in [0.29, 0.717) is 42.4 Å². The Morgan fingerprint density at radius 3 is 2.92 bits per heavy atom. The molecular formula is C28H30FN7O3. The zero-order valence-electron chi connectivity index (χ0n) is 21.2. The molecule has 3 aliphatic rings. The SMILES string of the molecule is NC(CC(=O)NCCn1ncc2cc([C@@H]3Nc4c(F)cc5[nH]ncc5c4[C@H]4C5CCC(C5)[C@@H]34)ccc21)C(=O)O. The molecule has 0 saturated heterocycles. The molecule has 6 N–H and O–H groups in total. The number of amides is 1. The van der Waals surface area contributed by atoms with Crippen LogP contribution in [0, 0.1) is 23.6 Å². The highest BCUT2D eigenvalue weighted by Crippen LogP contribution is 2.64. The standard InChI is InChI=1S/C28H30FN7O3/c29-18-9-20-17(12-32-35-20)25-23-13-1-2-14(7-13)24(23)26(34-27(18)25)15-3-4-21-16(8-15)11-33-36(21)6-5-31-22(37)10-19(30)28(38)39/h3-4,8-9,11-14,19,23-24,26,34H,1-2,5-7,10,30H2,(H,31,37)(H,32,35)(H,38,39)/t13?,14?,19?,23-,24+,26-/m0/s1. The van der Waals surface area contributed by atoms with Gasteiger partial charge in [-0.3, -0.25) is 19.4 Å². The van der Waals surface area contributed by atoms with Crippen molar-refractivity contribution in [2.75, 3.05) is 11.9 Å². The lowest BCUT2D eigenvalue weighted by molar-refractivity contribution is -0.140. The van der Waals surface area contributed by atoms with Gasteiger partial charge >= 0.3 is 5.97 Å². The average Bonchev–Trinajstić information content (AvgIpc) is 3.72. The van der Waals surface area contributed by atoms with Crippen LogP contribution in [0.25, 0.3) is 21.8 Å². The molecule has 4 aromatic rings. The molecule has 10 nitrogen and oxygen atoms in total. The van der Waals surface area contributed by atoms with E-state index in [9.17, 15) is 9.59 Å². The van der Waals surface area contributed by atoms with Crippen LogP contribution in [0.5, 0.6) is 0 Å². The van der Waals surface area contributed by atoms with Gasteiger partial charge in [0, 0.05) is 23.4 Å². The second-order valence-electron chi connectivity index (χ2n) is 11.2. The fraction of sp³-hybridized carbons (Fsp3) is 0.429. The zero-order valence-corrected chi connectivity index (χ0v) is 21.2. The Hall–Kier alpha value is -3.99. The minimum atomic E-state index is -1.22. The summed E-state index contributed by atoms with van der Waals surface area (Å²) < 4.78 is 17.2. The Labute approximate surface area is 223 Å². The van der Waals surface area contributed by atoms with Crippen molar-refractivity contribution in [2.45, 2.75) is 50.2 Å². The van der Waals surface area contributed by atoms with Crippen LogP contribution in [0.3, 0.4) is 0 Å². The molecule has 1 aliphatic heterocycles. The highest BCUT2D eigenvalue weighted by atomic mass is 19.1. The van der Waals surface area contributed by atoms with Crippen molar-refractivity contribution < 1.29 is 19.1 Å². The lowest BCUT2D eigenvalue weighted by Gasteiger charge is -2.43. The number of H-pyrrole nitrogens is 1. The molecule has 6 atom stereocenters. The van der Waals surface area contributed by atoms with Gasteiger partial charge in [-0.2, -0.15) is 10.2 Å². The lowest BCUT2D eigenvalue weighted by atomic mass is 9.67. The summed E-state index contributed by atoms with van der Waals surface area (Å²) in [5.74, 6) is 0.000318.